The molecule has 1 atom stereocenters. The zero-order valence-electron chi connectivity index (χ0n) is 10.4. The van der Waals surface area contributed by atoms with Crippen LogP contribution in [-0.4, -0.2) is 29.6 Å². The van der Waals surface area contributed by atoms with E-state index in [2.05, 4.69) is 21.2 Å². The number of amides is 1. The molecule has 0 aliphatic heterocycles. The Kier molecular flexibility index (Phi) is 7.76. The van der Waals surface area contributed by atoms with E-state index in [1.807, 2.05) is 20.8 Å². The summed E-state index contributed by atoms with van der Waals surface area (Å²) < 4.78 is 5.18. The first kappa shape index (κ1) is 15.7. The predicted octanol–water partition coefficient (Wildman–Crippen LogP) is 2.40. The Labute approximate surface area is 106 Å². The molecule has 0 saturated heterocycles. The summed E-state index contributed by atoms with van der Waals surface area (Å²) >= 11 is 3.37. The van der Waals surface area contributed by atoms with Crippen molar-refractivity contribution in [1.29, 1.82) is 0 Å². The first-order chi connectivity index (χ1) is 7.39. The number of nitrogens with two attached hydrogens (primary N) is 1. The van der Waals surface area contributed by atoms with Crippen LogP contribution in [0.2, 0.25) is 0 Å². The molecule has 0 bridgehead atoms. The second kappa shape index (κ2) is 7.90. The molecule has 0 aromatic heterocycles. The molecule has 0 spiro atoms. The fourth-order valence-electron chi connectivity index (χ4n) is 1.20. The van der Waals surface area contributed by atoms with Gasteiger partial charge in [0.05, 0.1) is 0 Å². The van der Waals surface area contributed by atoms with E-state index >= 15 is 0 Å². The zero-order chi connectivity index (χ0) is 12.6. The van der Waals surface area contributed by atoms with Crippen LogP contribution in [0.15, 0.2) is 0 Å². The van der Waals surface area contributed by atoms with Crippen molar-refractivity contribution in [3.05, 3.63) is 0 Å². The van der Waals surface area contributed by atoms with Gasteiger partial charge in [0.1, 0.15) is 5.60 Å². The fraction of sp³-hybridized carbons (Fsp3) is 0.909. The largest absolute Gasteiger partial charge is 0.444 e. The molecule has 0 rings (SSSR count). The number of carbonyl (C=O) groups is 1. The van der Waals surface area contributed by atoms with Crippen molar-refractivity contribution >= 4 is 22.0 Å². The number of alkyl carbamates (subject to hydrolysis) is 1. The third-order valence-corrected chi connectivity index (χ3v) is 2.70. The molecule has 0 fully saturated rings. The molecule has 0 radical (unpaired) electrons. The minimum Gasteiger partial charge on any atom is -0.444 e. The third kappa shape index (κ3) is 8.97. The van der Waals surface area contributed by atoms with Gasteiger partial charge in [0, 0.05) is 11.4 Å². The number of nitrogens with one attached hydrogen (secondary N) is 1. The summed E-state index contributed by atoms with van der Waals surface area (Å²) in [4.78, 5) is 11.5. The van der Waals surface area contributed by atoms with Crippen LogP contribution in [0.25, 0.3) is 0 Å². The maximum absolute atomic E-state index is 11.5. The highest BCUT2D eigenvalue weighted by Crippen LogP contribution is 2.09. The van der Waals surface area contributed by atoms with Crippen molar-refractivity contribution in [3.63, 3.8) is 0 Å². The molecule has 96 valence electrons. The van der Waals surface area contributed by atoms with Gasteiger partial charge in [0.25, 0.3) is 0 Å². The predicted molar refractivity (Wildman–Crippen MR) is 69.9 cm³/mol. The molecule has 0 saturated carbocycles. The van der Waals surface area contributed by atoms with Crippen LogP contribution in [0.3, 0.4) is 0 Å². The maximum Gasteiger partial charge on any atom is 0.407 e. The number of unbranched alkanes of at least 4 members (excludes halogenated alkanes) is 1. The van der Waals surface area contributed by atoms with Crippen LogP contribution < -0.4 is 11.1 Å². The highest BCUT2D eigenvalue weighted by Gasteiger charge is 2.18. The van der Waals surface area contributed by atoms with Crippen molar-refractivity contribution in [3.8, 4) is 0 Å². The van der Waals surface area contributed by atoms with Crippen LogP contribution in [0.4, 0.5) is 4.79 Å². The van der Waals surface area contributed by atoms with Gasteiger partial charge in [-0.2, -0.15) is 0 Å². The van der Waals surface area contributed by atoms with Crippen LogP contribution >= 0.6 is 15.9 Å². The Bertz CT molecular complexity index is 205. The van der Waals surface area contributed by atoms with Crippen molar-refractivity contribution in [2.45, 2.75) is 51.7 Å². The SMILES string of the molecule is CC(C)(C)OC(=O)N[C@H](CBr)CCCCN. The first-order valence-electron chi connectivity index (χ1n) is 5.64. The number of hydrogen-bond donors (Lipinski definition) is 2. The van der Waals surface area contributed by atoms with Gasteiger partial charge >= 0.3 is 6.09 Å². The minimum absolute atomic E-state index is 0.112. The molecule has 0 aromatic carbocycles. The lowest BCUT2D eigenvalue weighted by Crippen LogP contribution is -2.40. The third-order valence-electron chi connectivity index (χ3n) is 1.91. The van der Waals surface area contributed by atoms with Crippen LogP contribution in [0.5, 0.6) is 0 Å². The van der Waals surface area contributed by atoms with Gasteiger partial charge in [-0.1, -0.05) is 22.4 Å². The summed E-state index contributed by atoms with van der Waals surface area (Å²) in [5.41, 5.74) is 4.97. The summed E-state index contributed by atoms with van der Waals surface area (Å²) in [6, 6.07) is 0.112. The molecule has 0 aromatic rings. The van der Waals surface area contributed by atoms with E-state index in [-0.39, 0.29) is 12.1 Å². The van der Waals surface area contributed by atoms with Gasteiger partial charge in [0.2, 0.25) is 0 Å². The smallest absolute Gasteiger partial charge is 0.407 e. The van der Waals surface area contributed by atoms with E-state index < -0.39 is 5.60 Å². The van der Waals surface area contributed by atoms with Gasteiger partial charge in [-0.3, -0.25) is 0 Å². The van der Waals surface area contributed by atoms with Crippen molar-refractivity contribution in [1.82, 2.24) is 5.32 Å². The molecule has 3 N–H and O–H groups in total. The number of alkyl halides is 1. The molecule has 0 aliphatic rings. The molecule has 0 aliphatic carbocycles. The van der Waals surface area contributed by atoms with E-state index in [4.69, 9.17) is 10.5 Å². The Balaban J connectivity index is 3.88. The molecule has 0 unspecified atom stereocenters. The molecular formula is C11H23BrN2O2. The van der Waals surface area contributed by atoms with Gasteiger partial charge in [0.15, 0.2) is 0 Å². The lowest BCUT2D eigenvalue weighted by Gasteiger charge is -2.22. The second-order valence-electron chi connectivity index (χ2n) is 4.78. The van der Waals surface area contributed by atoms with Crippen LogP contribution in [-0.2, 0) is 4.74 Å². The Morgan fingerprint density at radius 1 is 1.44 bits per heavy atom. The molecule has 1 amide bonds. The number of ether oxygens (including phenoxy) is 1. The van der Waals surface area contributed by atoms with Crippen molar-refractivity contribution < 1.29 is 9.53 Å². The Hall–Kier alpha value is -0.290. The standard InChI is InChI=1S/C11H23BrN2O2/c1-11(2,3)16-10(15)14-9(8-12)6-4-5-7-13/h9H,4-8,13H2,1-3H3,(H,14,15)/t9-/m0/s1. The first-order valence-corrected chi connectivity index (χ1v) is 6.76. The number of rotatable bonds is 6. The topological polar surface area (TPSA) is 64.3 Å². The van der Waals surface area contributed by atoms with E-state index in [1.54, 1.807) is 0 Å². The van der Waals surface area contributed by atoms with E-state index in [0.29, 0.717) is 6.54 Å². The Morgan fingerprint density at radius 2 is 2.06 bits per heavy atom. The summed E-state index contributed by atoms with van der Waals surface area (Å²) in [5.74, 6) is 0. The summed E-state index contributed by atoms with van der Waals surface area (Å²) in [5, 5.41) is 3.57. The lowest BCUT2D eigenvalue weighted by molar-refractivity contribution is 0.0507. The molecular weight excluding hydrogens is 272 g/mol. The number of halogens is 1. The minimum atomic E-state index is -0.446. The number of carbonyl (C=O) groups excluding carboxylic acids is 1. The van der Waals surface area contributed by atoms with E-state index in [9.17, 15) is 4.79 Å². The average molecular weight is 295 g/mol. The quantitative estimate of drug-likeness (QED) is 0.584. The van der Waals surface area contributed by atoms with Crippen LogP contribution in [0.1, 0.15) is 40.0 Å². The summed E-state index contributed by atoms with van der Waals surface area (Å²) in [6.45, 7) is 6.25. The van der Waals surface area contributed by atoms with Gasteiger partial charge in [-0.05, 0) is 40.2 Å². The van der Waals surface area contributed by atoms with Crippen molar-refractivity contribution in [2.24, 2.45) is 5.73 Å². The van der Waals surface area contributed by atoms with E-state index in [0.717, 1.165) is 24.6 Å². The normalized spacial score (nSPS) is 13.3. The van der Waals surface area contributed by atoms with Gasteiger partial charge in [-0.15, -0.1) is 0 Å². The monoisotopic (exact) mass is 294 g/mol. The lowest BCUT2D eigenvalue weighted by atomic mass is 10.1. The molecule has 4 nitrogen and oxygen atoms in total. The zero-order valence-corrected chi connectivity index (χ0v) is 12.0. The number of hydrogen-bond acceptors (Lipinski definition) is 3. The fourth-order valence-corrected chi connectivity index (χ4v) is 1.68. The average Bonchev–Trinajstić information content (AvgIpc) is 2.13. The molecule has 0 heterocycles. The maximum atomic E-state index is 11.5. The van der Waals surface area contributed by atoms with Crippen LogP contribution in [0, 0.1) is 0 Å². The highest BCUT2D eigenvalue weighted by molar-refractivity contribution is 9.09. The highest BCUT2D eigenvalue weighted by atomic mass is 79.9. The second-order valence-corrected chi connectivity index (χ2v) is 5.43. The Morgan fingerprint density at radius 3 is 2.50 bits per heavy atom. The van der Waals surface area contributed by atoms with E-state index in [1.165, 1.54) is 0 Å². The molecule has 16 heavy (non-hydrogen) atoms. The van der Waals surface area contributed by atoms with Gasteiger partial charge < -0.3 is 15.8 Å². The summed E-state index contributed by atoms with van der Waals surface area (Å²) in [6.07, 6.45) is 2.56. The van der Waals surface area contributed by atoms with Crippen molar-refractivity contribution in [2.75, 3.05) is 11.9 Å². The van der Waals surface area contributed by atoms with Gasteiger partial charge in [-0.25, -0.2) is 4.79 Å². The molecule has 5 heteroatoms. The summed E-state index contributed by atoms with van der Waals surface area (Å²) in [7, 11) is 0.